The molecule has 18 heavy (non-hydrogen) atoms. The van der Waals surface area contributed by atoms with Crippen molar-refractivity contribution in [3.8, 4) is 0 Å². The molecule has 110 valence electrons. The lowest BCUT2D eigenvalue weighted by atomic mass is 9.89. The first kappa shape index (κ1) is 17.9. The molecule has 0 aliphatic heterocycles. The molecular formula is C16H35NO. The Bertz CT molecular complexity index is 166. The van der Waals surface area contributed by atoms with Crippen LogP contribution in [0.25, 0.3) is 0 Å². The topological polar surface area (TPSA) is 21.3 Å². The van der Waals surface area contributed by atoms with E-state index in [2.05, 4.69) is 46.9 Å². The standard InChI is InChI=1S/C16H35NO/c1-15(2,3)11-9-7-8-10-12-17-13-14-18-16(4,5)6/h17H,7-14H2,1-6H3. The lowest BCUT2D eigenvalue weighted by Crippen LogP contribution is -2.27. The van der Waals surface area contributed by atoms with E-state index in [1.54, 1.807) is 0 Å². The van der Waals surface area contributed by atoms with E-state index < -0.39 is 0 Å². The molecule has 0 aliphatic rings. The fourth-order valence-electron chi connectivity index (χ4n) is 1.81. The average Bonchev–Trinajstić information content (AvgIpc) is 2.17. The zero-order chi connectivity index (χ0) is 14.1. The SMILES string of the molecule is CC(C)(C)CCCCCCNCCOC(C)(C)C. The number of rotatable bonds is 9. The smallest absolute Gasteiger partial charge is 0.0599 e. The fourth-order valence-corrected chi connectivity index (χ4v) is 1.81. The van der Waals surface area contributed by atoms with Crippen LogP contribution in [0.5, 0.6) is 0 Å². The molecule has 0 amide bonds. The summed E-state index contributed by atoms with van der Waals surface area (Å²) in [6, 6.07) is 0. The van der Waals surface area contributed by atoms with Crippen molar-refractivity contribution in [2.45, 2.75) is 79.2 Å². The maximum Gasteiger partial charge on any atom is 0.0599 e. The zero-order valence-electron chi connectivity index (χ0n) is 13.6. The maximum atomic E-state index is 5.65. The Morgan fingerprint density at radius 3 is 1.94 bits per heavy atom. The summed E-state index contributed by atoms with van der Waals surface area (Å²) in [7, 11) is 0. The monoisotopic (exact) mass is 257 g/mol. The van der Waals surface area contributed by atoms with Crippen molar-refractivity contribution < 1.29 is 4.74 Å². The Hall–Kier alpha value is -0.0800. The maximum absolute atomic E-state index is 5.65. The Morgan fingerprint density at radius 1 is 0.778 bits per heavy atom. The van der Waals surface area contributed by atoms with E-state index in [1.807, 2.05) is 0 Å². The predicted octanol–water partition coefficient (Wildman–Crippen LogP) is 4.39. The van der Waals surface area contributed by atoms with Gasteiger partial charge in [0.05, 0.1) is 12.2 Å². The highest BCUT2D eigenvalue weighted by atomic mass is 16.5. The van der Waals surface area contributed by atoms with E-state index in [-0.39, 0.29) is 5.60 Å². The van der Waals surface area contributed by atoms with Gasteiger partial charge in [0, 0.05) is 6.54 Å². The highest BCUT2D eigenvalue weighted by Crippen LogP contribution is 2.22. The third-order valence-corrected chi connectivity index (χ3v) is 2.84. The van der Waals surface area contributed by atoms with Gasteiger partial charge in [-0.25, -0.2) is 0 Å². The zero-order valence-corrected chi connectivity index (χ0v) is 13.6. The Labute approximate surface area is 115 Å². The van der Waals surface area contributed by atoms with Crippen molar-refractivity contribution in [1.29, 1.82) is 0 Å². The molecule has 0 aromatic carbocycles. The fraction of sp³-hybridized carbons (Fsp3) is 1.00. The predicted molar refractivity (Wildman–Crippen MR) is 81.1 cm³/mol. The van der Waals surface area contributed by atoms with Gasteiger partial charge in [-0.15, -0.1) is 0 Å². The van der Waals surface area contributed by atoms with E-state index in [9.17, 15) is 0 Å². The van der Waals surface area contributed by atoms with Gasteiger partial charge in [0.2, 0.25) is 0 Å². The highest BCUT2D eigenvalue weighted by molar-refractivity contribution is 4.61. The van der Waals surface area contributed by atoms with Gasteiger partial charge < -0.3 is 10.1 Å². The number of hydrogen-bond donors (Lipinski definition) is 1. The van der Waals surface area contributed by atoms with Crippen molar-refractivity contribution in [2.24, 2.45) is 5.41 Å². The molecule has 0 unspecified atom stereocenters. The van der Waals surface area contributed by atoms with Crippen molar-refractivity contribution in [3.05, 3.63) is 0 Å². The second-order valence-corrected chi connectivity index (χ2v) is 7.44. The third-order valence-electron chi connectivity index (χ3n) is 2.84. The molecule has 0 heterocycles. The summed E-state index contributed by atoms with van der Waals surface area (Å²) in [5.74, 6) is 0. The number of ether oxygens (including phenoxy) is 1. The minimum absolute atomic E-state index is 0.00532. The van der Waals surface area contributed by atoms with Crippen LogP contribution >= 0.6 is 0 Å². The summed E-state index contributed by atoms with van der Waals surface area (Å²) in [4.78, 5) is 0. The lowest BCUT2D eigenvalue weighted by Gasteiger charge is -2.19. The second-order valence-electron chi connectivity index (χ2n) is 7.44. The molecule has 0 saturated heterocycles. The van der Waals surface area contributed by atoms with E-state index >= 15 is 0 Å². The van der Waals surface area contributed by atoms with Crippen molar-refractivity contribution >= 4 is 0 Å². The molecule has 0 fully saturated rings. The summed E-state index contributed by atoms with van der Waals surface area (Å²) in [5.41, 5.74) is 0.497. The first-order chi connectivity index (χ1) is 8.21. The first-order valence-electron chi connectivity index (χ1n) is 7.55. The number of hydrogen-bond acceptors (Lipinski definition) is 2. The third kappa shape index (κ3) is 15.9. The van der Waals surface area contributed by atoms with Crippen LogP contribution in [0.2, 0.25) is 0 Å². The number of unbranched alkanes of at least 4 members (excludes halogenated alkanes) is 3. The van der Waals surface area contributed by atoms with Crippen molar-refractivity contribution in [1.82, 2.24) is 5.32 Å². The van der Waals surface area contributed by atoms with E-state index in [0.29, 0.717) is 5.41 Å². The minimum Gasteiger partial charge on any atom is -0.375 e. The van der Waals surface area contributed by atoms with Crippen LogP contribution in [0.15, 0.2) is 0 Å². The molecule has 0 rings (SSSR count). The molecule has 2 heteroatoms. The normalized spacial score (nSPS) is 13.0. The summed E-state index contributed by atoms with van der Waals surface area (Å²) in [6.45, 7) is 16.2. The molecule has 0 saturated carbocycles. The minimum atomic E-state index is -0.00532. The first-order valence-corrected chi connectivity index (χ1v) is 7.55. The van der Waals surface area contributed by atoms with Gasteiger partial charge in [-0.3, -0.25) is 0 Å². The summed E-state index contributed by atoms with van der Waals surface area (Å²) in [5, 5.41) is 3.44. The Morgan fingerprint density at radius 2 is 1.39 bits per heavy atom. The summed E-state index contributed by atoms with van der Waals surface area (Å²) < 4.78 is 5.65. The number of nitrogens with one attached hydrogen (secondary N) is 1. The highest BCUT2D eigenvalue weighted by Gasteiger charge is 2.09. The second kappa shape index (κ2) is 8.92. The summed E-state index contributed by atoms with van der Waals surface area (Å²) in [6.07, 6.45) is 6.73. The quantitative estimate of drug-likeness (QED) is 0.619. The van der Waals surface area contributed by atoms with E-state index in [4.69, 9.17) is 4.74 Å². The molecule has 0 atom stereocenters. The van der Waals surface area contributed by atoms with Crippen LogP contribution in [-0.2, 0) is 4.74 Å². The molecule has 0 spiro atoms. The van der Waals surface area contributed by atoms with Crippen LogP contribution in [-0.4, -0.2) is 25.3 Å². The molecule has 0 aromatic heterocycles. The van der Waals surface area contributed by atoms with Crippen LogP contribution in [0, 0.1) is 5.41 Å². The molecular weight excluding hydrogens is 222 g/mol. The van der Waals surface area contributed by atoms with Crippen molar-refractivity contribution in [2.75, 3.05) is 19.7 Å². The molecule has 0 bridgehead atoms. The molecule has 2 nitrogen and oxygen atoms in total. The van der Waals surface area contributed by atoms with E-state index in [0.717, 1.165) is 19.7 Å². The van der Waals surface area contributed by atoms with E-state index in [1.165, 1.54) is 32.1 Å². The van der Waals surface area contributed by atoms with Crippen LogP contribution in [0.4, 0.5) is 0 Å². The molecule has 0 aliphatic carbocycles. The van der Waals surface area contributed by atoms with Crippen LogP contribution < -0.4 is 5.32 Å². The molecule has 1 N–H and O–H groups in total. The molecule has 0 radical (unpaired) electrons. The average molecular weight is 257 g/mol. The van der Waals surface area contributed by atoms with Crippen LogP contribution in [0.3, 0.4) is 0 Å². The largest absolute Gasteiger partial charge is 0.375 e. The summed E-state index contributed by atoms with van der Waals surface area (Å²) >= 11 is 0. The van der Waals surface area contributed by atoms with Gasteiger partial charge in [-0.05, 0) is 45.6 Å². The van der Waals surface area contributed by atoms with Crippen molar-refractivity contribution in [3.63, 3.8) is 0 Å². The van der Waals surface area contributed by atoms with Gasteiger partial charge in [0.25, 0.3) is 0 Å². The van der Waals surface area contributed by atoms with Gasteiger partial charge in [-0.2, -0.15) is 0 Å². The Kier molecular flexibility index (Phi) is 8.89. The lowest BCUT2D eigenvalue weighted by molar-refractivity contribution is -0.000760. The van der Waals surface area contributed by atoms with Crippen LogP contribution in [0.1, 0.15) is 73.6 Å². The Balaban J connectivity index is 3.13. The molecule has 0 aromatic rings. The van der Waals surface area contributed by atoms with Gasteiger partial charge in [0.15, 0.2) is 0 Å². The van der Waals surface area contributed by atoms with Gasteiger partial charge in [-0.1, -0.05) is 40.0 Å². The van der Waals surface area contributed by atoms with Gasteiger partial charge >= 0.3 is 0 Å². The van der Waals surface area contributed by atoms with Gasteiger partial charge in [0.1, 0.15) is 0 Å².